The van der Waals surface area contributed by atoms with E-state index < -0.39 is 32.5 Å². The van der Waals surface area contributed by atoms with Crippen LogP contribution in [0.4, 0.5) is 0 Å². The zero-order valence-corrected chi connectivity index (χ0v) is 35.2. The molecule has 54 heavy (non-hydrogen) atoms. The van der Waals surface area contributed by atoms with Gasteiger partial charge in [0.1, 0.15) is 6.61 Å². The monoisotopic (exact) mass is 779 g/mol. The van der Waals surface area contributed by atoms with Crippen LogP contribution in [-0.2, 0) is 28.2 Å². The molecule has 0 radical (unpaired) electrons. The topological polar surface area (TPSA) is 119 Å². The second kappa shape index (κ2) is 40.4. The van der Waals surface area contributed by atoms with Gasteiger partial charge in [-0.3, -0.25) is 14.1 Å². The van der Waals surface area contributed by atoms with Crippen LogP contribution in [0.2, 0.25) is 0 Å². The highest BCUT2D eigenvalue weighted by molar-refractivity contribution is 7.46. The fraction of sp³-hybridized carbons (Fsp3) is 0.733. The average molecular weight is 779 g/mol. The first-order valence-corrected chi connectivity index (χ1v) is 23.1. The maximum absolute atomic E-state index is 12.4. The highest BCUT2D eigenvalue weighted by Gasteiger charge is 2.22. The molecule has 0 unspecified atom stereocenters. The van der Waals surface area contributed by atoms with Gasteiger partial charge in [-0.25, -0.2) is 4.57 Å². The molecule has 0 spiro atoms. The second-order valence-electron chi connectivity index (χ2n) is 14.3. The van der Waals surface area contributed by atoms with E-state index in [4.69, 9.17) is 19.3 Å². The predicted molar refractivity (Wildman–Crippen MR) is 225 cm³/mol. The minimum absolute atomic E-state index is 0.205. The molecule has 0 heterocycles. The standard InChI is InChI=1S/C45H79O8P/c1-3-5-7-9-11-13-15-17-19-21-22-24-25-27-29-31-33-35-37-39-44(46)51-41-43(42-52-54(48,49)50)53-45(47)40-38-36-34-32-30-28-26-23-20-18-16-14-12-10-8-6-4-2/h5,7,11,13,17,19,22,24,27,29,43H,3-4,6,8-10,12,14-16,18,20-21,23,25-26,28,30-42H2,1-2H3,(H2,48,49,50)/b7-5-,13-11-,19-17-,24-22-,29-27-/t43-/m1/s1. The summed E-state index contributed by atoms with van der Waals surface area (Å²) in [5.41, 5.74) is 0. The molecule has 0 aliphatic rings. The number of carbonyl (C=O) groups excluding carboxylic acids is 2. The van der Waals surface area contributed by atoms with Gasteiger partial charge in [-0.05, 0) is 57.8 Å². The Hall–Kier alpha value is -2.25. The molecule has 312 valence electrons. The van der Waals surface area contributed by atoms with Crippen molar-refractivity contribution < 1.29 is 37.9 Å². The van der Waals surface area contributed by atoms with Crippen molar-refractivity contribution in [3.8, 4) is 0 Å². The Morgan fingerprint density at radius 2 is 0.889 bits per heavy atom. The smallest absolute Gasteiger partial charge is 0.462 e. The number of rotatable bonds is 39. The SMILES string of the molecule is CC/C=C\C/C=C\C/C=C\C/C=C\C/C=C\CCCCCC(=O)OC[C@H](COP(=O)(O)O)OC(=O)CCCCCCCCCCCCCCCCCCC. The summed E-state index contributed by atoms with van der Waals surface area (Å²) < 4.78 is 26.4. The van der Waals surface area contributed by atoms with Gasteiger partial charge in [0.25, 0.3) is 0 Å². The van der Waals surface area contributed by atoms with Crippen LogP contribution in [0.5, 0.6) is 0 Å². The fourth-order valence-corrected chi connectivity index (χ4v) is 6.23. The third-order valence-electron chi connectivity index (χ3n) is 9.05. The van der Waals surface area contributed by atoms with Gasteiger partial charge in [0.15, 0.2) is 6.10 Å². The number of hydrogen-bond donors (Lipinski definition) is 2. The normalized spacial score (nSPS) is 13.0. The average Bonchev–Trinajstić information content (AvgIpc) is 3.14. The minimum Gasteiger partial charge on any atom is -0.462 e. The largest absolute Gasteiger partial charge is 0.469 e. The number of carbonyl (C=O) groups is 2. The lowest BCUT2D eigenvalue weighted by Crippen LogP contribution is -2.29. The zero-order chi connectivity index (χ0) is 39.6. The van der Waals surface area contributed by atoms with Crippen molar-refractivity contribution in [2.75, 3.05) is 13.2 Å². The third-order valence-corrected chi connectivity index (χ3v) is 9.54. The Morgan fingerprint density at radius 1 is 0.500 bits per heavy atom. The molecule has 2 N–H and O–H groups in total. The molecule has 0 bridgehead atoms. The van der Waals surface area contributed by atoms with Gasteiger partial charge < -0.3 is 19.3 Å². The van der Waals surface area contributed by atoms with E-state index in [0.29, 0.717) is 12.8 Å². The van der Waals surface area contributed by atoms with Crippen molar-refractivity contribution in [2.24, 2.45) is 0 Å². The Labute approximate surface area is 330 Å². The van der Waals surface area contributed by atoms with Crippen LogP contribution in [0.25, 0.3) is 0 Å². The van der Waals surface area contributed by atoms with E-state index >= 15 is 0 Å². The maximum atomic E-state index is 12.4. The highest BCUT2D eigenvalue weighted by atomic mass is 31.2. The van der Waals surface area contributed by atoms with E-state index in [1.807, 2.05) is 0 Å². The Bertz CT molecular complexity index is 1060. The Balaban J connectivity index is 3.97. The van der Waals surface area contributed by atoms with Crippen molar-refractivity contribution in [1.82, 2.24) is 0 Å². The second-order valence-corrected chi connectivity index (χ2v) is 15.5. The first-order valence-electron chi connectivity index (χ1n) is 21.6. The molecule has 0 aromatic rings. The van der Waals surface area contributed by atoms with Crippen LogP contribution in [-0.4, -0.2) is 41.0 Å². The van der Waals surface area contributed by atoms with Gasteiger partial charge in [-0.15, -0.1) is 0 Å². The molecule has 1 atom stereocenters. The summed E-state index contributed by atoms with van der Waals surface area (Å²) in [4.78, 5) is 42.9. The van der Waals surface area contributed by atoms with Crippen LogP contribution >= 0.6 is 7.82 Å². The summed E-state index contributed by atoms with van der Waals surface area (Å²) in [6.45, 7) is 3.55. The van der Waals surface area contributed by atoms with Gasteiger partial charge in [0, 0.05) is 12.8 Å². The first kappa shape index (κ1) is 51.8. The van der Waals surface area contributed by atoms with Crippen LogP contribution in [0.3, 0.4) is 0 Å². The molecule has 8 nitrogen and oxygen atoms in total. The molecule has 9 heteroatoms. The molecule has 0 fully saturated rings. The zero-order valence-electron chi connectivity index (χ0n) is 34.4. The van der Waals surface area contributed by atoms with Crippen LogP contribution in [0.1, 0.15) is 194 Å². The molecule has 0 aromatic heterocycles. The van der Waals surface area contributed by atoms with E-state index in [1.165, 1.54) is 83.5 Å². The van der Waals surface area contributed by atoms with Crippen molar-refractivity contribution >= 4 is 19.8 Å². The van der Waals surface area contributed by atoms with Crippen molar-refractivity contribution in [3.63, 3.8) is 0 Å². The predicted octanol–water partition coefficient (Wildman–Crippen LogP) is 13.3. The van der Waals surface area contributed by atoms with E-state index in [1.54, 1.807) is 0 Å². The van der Waals surface area contributed by atoms with Gasteiger partial charge in [0.05, 0.1) is 6.61 Å². The van der Waals surface area contributed by atoms with Crippen LogP contribution in [0, 0.1) is 0 Å². The number of ether oxygens (including phenoxy) is 2. The molecule has 0 rings (SSSR count). The Morgan fingerprint density at radius 3 is 1.33 bits per heavy atom. The summed E-state index contributed by atoms with van der Waals surface area (Å²) in [6.07, 6.45) is 50.8. The van der Waals surface area contributed by atoms with E-state index in [-0.39, 0.29) is 19.4 Å². The number of phosphoric acid groups is 1. The summed E-state index contributed by atoms with van der Waals surface area (Å²) >= 11 is 0. The molecule has 0 aliphatic heterocycles. The lowest BCUT2D eigenvalue weighted by Gasteiger charge is -2.18. The number of esters is 2. The summed E-state index contributed by atoms with van der Waals surface area (Å²) in [5, 5.41) is 0. The molecule has 0 saturated carbocycles. The number of allylic oxidation sites excluding steroid dienone is 10. The molecular formula is C45H79O8P. The quantitative estimate of drug-likeness (QED) is 0.0274. The fourth-order valence-electron chi connectivity index (χ4n) is 5.87. The van der Waals surface area contributed by atoms with Gasteiger partial charge in [-0.2, -0.15) is 0 Å². The van der Waals surface area contributed by atoms with Crippen LogP contribution < -0.4 is 0 Å². The lowest BCUT2D eigenvalue weighted by atomic mass is 10.0. The summed E-state index contributed by atoms with van der Waals surface area (Å²) in [5.74, 6) is -0.920. The van der Waals surface area contributed by atoms with Gasteiger partial charge in [0.2, 0.25) is 0 Å². The molecule has 0 aromatic carbocycles. The summed E-state index contributed by atoms with van der Waals surface area (Å²) in [6, 6.07) is 0. The summed E-state index contributed by atoms with van der Waals surface area (Å²) in [7, 11) is -4.76. The molecular weight excluding hydrogens is 699 g/mol. The van der Waals surface area contributed by atoms with Gasteiger partial charge in [-0.1, -0.05) is 184 Å². The number of unbranched alkanes of at least 4 members (excludes halogenated alkanes) is 19. The van der Waals surface area contributed by atoms with E-state index in [0.717, 1.165) is 70.6 Å². The highest BCUT2D eigenvalue weighted by Crippen LogP contribution is 2.36. The number of phosphoric ester groups is 1. The minimum atomic E-state index is -4.76. The van der Waals surface area contributed by atoms with Crippen molar-refractivity contribution in [1.29, 1.82) is 0 Å². The van der Waals surface area contributed by atoms with E-state index in [9.17, 15) is 14.2 Å². The number of hydrogen-bond acceptors (Lipinski definition) is 6. The van der Waals surface area contributed by atoms with Gasteiger partial charge >= 0.3 is 19.8 Å². The Kier molecular flexibility index (Phi) is 38.7. The third kappa shape index (κ3) is 42.5. The van der Waals surface area contributed by atoms with Crippen molar-refractivity contribution in [2.45, 2.75) is 200 Å². The lowest BCUT2D eigenvalue weighted by molar-refractivity contribution is -0.161. The van der Waals surface area contributed by atoms with E-state index in [2.05, 4.69) is 79.1 Å². The van der Waals surface area contributed by atoms with Crippen molar-refractivity contribution in [3.05, 3.63) is 60.8 Å². The maximum Gasteiger partial charge on any atom is 0.469 e. The first-order chi connectivity index (χ1) is 26.3. The molecule has 0 saturated heterocycles. The molecule has 0 amide bonds. The van der Waals surface area contributed by atoms with Crippen LogP contribution in [0.15, 0.2) is 60.8 Å². The molecule has 0 aliphatic carbocycles.